The molecule has 228 valence electrons. The van der Waals surface area contributed by atoms with Gasteiger partial charge in [-0.2, -0.15) is 0 Å². The zero-order chi connectivity index (χ0) is 31.2. The minimum Gasteiger partial charge on any atom is -0.496 e. The van der Waals surface area contributed by atoms with Gasteiger partial charge in [-0.3, -0.25) is 4.79 Å². The summed E-state index contributed by atoms with van der Waals surface area (Å²) >= 11 is 0. The fraction of sp³-hybridized carbons (Fsp3) is 0.216. The van der Waals surface area contributed by atoms with Gasteiger partial charge in [0.2, 0.25) is 5.91 Å². The predicted octanol–water partition coefficient (Wildman–Crippen LogP) is 8.33. The Morgan fingerprint density at radius 2 is 1.53 bits per heavy atom. The van der Waals surface area contributed by atoms with Crippen molar-refractivity contribution in [3.8, 4) is 5.75 Å². The molecule has 0 radical (unpaired) electrons. The number of rotatable bonds is 9. The van der Waals surface area contributed by atoms with Gasteiger partial charge in [0.25, 0.3) is 0 Å². The number of ether oxygens (including phenoxy) is 2. The minimum absolute atomic E-state index is 0.0534. The van der Waals surface area contributed by atoms with Crippen molar-refractivity contribution in [2.75, 3.05) is 17.3 Å². The molecular weight excluding hydrogens is 566 g/mol. The normalized spacial score (nSPS) is 13.0. The SMILES string of the molecule is COc1cc(C(=O)OC(=O)N(c2ccccc2)c2ccccc2)ccc1Cn1ccc2ccc(NC(=O)CC3CCCC3)cc21. The molecule has 2 amide bonds. The number of carbonyl (C=O) groups is 3. The van der Waals surface area contributed by atoms with Crippen molar-refractivity contribution in [3.63, 3.8) is 0 Å². The number of amides is 2. The Morgan fingerprint density at radius 3 is 2.20 bits per heavy atom. The molecule has 6 rings (SSSR count). The number of hydrogen-bond donors (Lipinski definition) is 1. The van der Waals surface area contributed by atoms with Crippen LogP contribution in [0.2, 0.25) is 0 Å². The third-order valence-electron chi connectivity index (χ3n) is 8.26. The molecule has 1 N–H and O–H groups in total. The average Bonchev–Trinajstić information content (AvgIpc) is 3.72. The van der Waals surface area contributed by atoms with Gasteiger partial charge in [0, 0.05) is 23.9 Å². The largest absolute Gasteiger partial charge is 0.496 e. The highest BCUT2D eigenvalue weighted by Gasteiger charge is 2.24. The highest BCUT2D eigenvalue weighted by molar-refractivity contribution is 6.04. The zero-order valence-corrected chi connectivity index (χ0v) is 25.1. The number of anilines is 3. The zero-order valence-electron chi connectivity index (χ0n) is 25.1. The van der Waals surface area contributed by atoms with Crippen LogP contribution in [0.1, 0.15) is 48.0 Å². The van der Waals surface area contributed by atoms with Crippen LogP contribution < -0.4 is 15.0 Å². The van der Waals surface area contributed by atoms with E-state index in [1.807, 2.05) is 66.9 Å². The Bertz CT molecular complexity index is 1770. The van der Waals surface area contributed by atoms with E-state index in [1.165, 1.54) is 24.9 Å². The molecule has 1 saturated carbocycles. The molecule has 0 unspecified atom stereocenters. The Balaban J connectivity index is 1.17. The van der Waals surface area contributed by atoms with Crippen LogP contribution in [0.4, 0.5) is 21.9 Å². The summed E-state index contributed by atoms with van der Waals surface area (Å²) in [5.41, 5.74) is 3.90. The molecule has 0 bridgehead atoms. The fourth-order valence-electron chi connectivity index (χ4n) is 5.97. The fourth-order valence-corrected chi connectivity index (χ4v) is 5.97. The maximum atomic E-state index is 13.3. The quantitative estimate of drug-likeness (QED) is 0.136. The summed E-state index contributed by atoms with van der Waals surface area (Å²) in [6, 6.07) is 31.0. The third-order valence-corrected chi connectivity index (χ3v) is 8.26. The molecule has 1 aliphatic carbocycles. The lowest BCUT2D eigenvalue weighted by Gasteiger charge is -2.21. The first-order chi connectivity index (χ1) is 22.0. The van der Waals surface area contributed by atoms with Gasteiger partial charge < -0.3 is 19.4 Å². The molecule has 0 spiro atoms. The first-order valence-corrected chi connectivity index (χ1v) is 15.2. The smallest absolute Gasteiger partial charge is 0.426 e. The lowest BCUT2D eigenvalue weighted by atomic mass is 10.0. The molecule has 8 heteroatoms. The van der Waals surface area contributed by atoms with E-state index in [9.17, 15) is 14.4 Å². The molecule has 0 saturated heterocycles. The summed E-state index contributed by atoms with van der Waals surface area (Å²) in [5, 5.41) is 4.11. The monoisotopic (exact) mass is 601 g/mol. The minimum atomic E-state index is -0.814. The first kappa shape index (κ1) is 29.7. The Hall–Kier alpha value is -5.37. The van der Waals surface area contributed by atoms with E-state index in [1.54, 1.807) is 42.5 Å². The van der Waals surface area contributed by atoms with Gasteiger partial charge in [-0.25, -0.2) is 14.5 Å². The average molecular weight is 602 g/mol. The van der Waals surface area contributed by atoms with Crippen LogP contribution in [0.5, 0.6) is 5.75 Å². The summed E-state index contributed by atoms with van der Waals surface area (Å²) in [5.74, 6) is 0.238. The van der Waals surface area contributed by atoms with Crippen LogP contribution in [-0.4, -0.2) is 29.6 Å². The van der Waals surface area contributed by atoms with Crippen LogP contribution in [0, 0.1) is 5.92 Å². The van der Waals surface area contributed by atoms with Gasteiger partial charge in [-0.05, 0) is 78.7 Å². The highest BCUT2D eigenvalue weighted by Crippen LogP contribution is 2.30. The molecule has 1 fully saturated rings. The second-order valence-corrected chi connectivity index (χ2v) is 11.3. The van der Waals surface area contributed by atoms with E-state index in [0.717, 1.165) is 35.0 Å². The van der Waals surface area contributed by atoms with E-state index in [4.69, 9.17) is 9.47 Å². The van der Waals surface area contributed by atoms with Crippen molar-refractivity contribution in [1.29, 1.82) is 0 Å². The summed E-state index contributed by atoms with van der Waals surface area (Å²) < 4.78 is 13.1. The van der Waals surface area contributed by atoms with Gasteiger partial charge in [0.05, 0.1) is 36.1 Å². The van der Waals surface area contributed by atoms with Crippen molar-refractivity contribution in [2.45, 2.75) is 38.6 Å². The van der Waals surface area contributed by atoms with Crippen molar-refractivity contribution >= 4 is 45.9 Å². The highest BCUT2D eigenvalue weighted by atomic mass is 16.6. The predicted molar refractivity (Wildman–Crippen MR) is 175 cm³/mol. The number of nitrogens with zero attached hydrogens (tertiary/aromatic N) is 2. The second-order valence-electron chi connectivity index (χ2n) is 11.3. The maximum Gasteiger partial charge on any atom is 0.426 e. The number of aromatic nitrogens is 1. The van der Waals surface area contributed by atoms with Crippen LogP contribution in [0.3, 0.4) is 0 Å². The van der Waals surface area contributed by atoms with Crippen molar-refractivity contribution < 1.29 is 23.9 Å². The second kappa shape index (κ2) is 13.5. The molecule has 1 heterocycles. The summed E-state index contributed by atoms with van der Waals surface area (Å²) in [6.07, 6.45) is 6.41. The molecular formula is C37H35N3O5. The molecule has 45 heavy (non-hydrogen) atoms. The number of carbonyl (C=O) groups excluding carboxylic acids is 3. The molecule has 8 nitrogen and oxygen atoms in total. The van der Waals surface area contributed by atoms with Crippen molar-refractivity contribution in [2.24, 2.45) is 5.92 Å². The van der Waals surface area contributed by atoms with Crippen molar-refractivity contribution in [1.82, 2.24) is 4.57 Å². The molecule has 1 aliphatic rings. The standard InChI is InChI=1S/C37H35N3O5/c1-44-34-23-28(36(42)45-37(43)40(31-12-4-2-5-13-31)32-14-6-3-7-15-32)16-17-29(34)25-39-21-20-27-18-19-30(24-33(27)39)38-35(41)22-26-10-8-9-11-26/h2-7,12-21,23-24,26H,8-11,22,25H2,1H3,(H,38,41). The number of methoxy groups -OCH3 is 1. The summed E-state index contributed by atoms with van der Waals surface area (Å²) in [4.78, 5) is 40.4. The number of esters is 1. The number of hydrogen-bond acceptors (Lipinski definition) is 5. The van der Waals surface area contributed by atoms with Crippen LogP contribution in [-0.2, 0) is 16.1 Å². The van der Waals surface area contributed by atoms with Gasteiger partial charge in [0.15, 0.2) is 0 Å². The molecule has 0 aliphatic heterocycles. The van der Waals surface area contributed by atoms with Gasteiger partial charge in [0.1, 0.15) is 5.75 Å². The lowest BCUT2D eigenvalue weighted by molar-refractivity contribution is -0.117. The van der Waals surface area contributed by atoms with E-state index >= 15 is 0 Å². The van der Waals surface area contributed by atoms with E-state index in [2.05, 4.69) is 9.88 Å². The molecule has 4 aromatic carbocycles. The molecule has 5 aromatic rings. The third kappa shape index (κ3) is 6.91. The number of benzene rings is 4. The van der Waals surface area contributed by atoms with Crippen LogP contribution >= 0.6 is 0 Å². The Morgan fingerprint density at radius 1 is 0.844 bits per heavy atom. The van der Waals surface area contributed by atoms with E-state index in [-0.39, 0.29) is 11.5 Å². The molecule has 0 atom stereocenters. The van der Waals surface area contributed by atoms with Crippen LogP contribution in [0.15, 0.2) is 109 Å². The number of nitrogens with one attached hydrogen (secondary N) is 1. The van der Waals surface area contributed by atoms with Crippen molar-refractivity contribution in [3.05, 3.63) is 120 Å². The molecule has 1 aromatic heterocycles. The van der Waals surface area contributed by atoms with E-state index < -0.39 is 12.1 Å². The Labute approximate surface area is 262 Å². The maximum absolute atomic E-state index is 13.3. The number of fused-ring (bicyclic) bond motifs is 1. The number of para-hydroxylation sites is 2. The van der Waals surface area contributed by atoms with E-state index in [0.29, 0.717) is 36.0 Å². The van der Waals surface area contributed by atoms with Gasteiger partial charge >= 0.3 is 12.1 Å². The Kier molecular flexibility index (Phi) is 8.91. The van der Waals surface area contributed by atoms with Crippen LogP contribution in [0.25, 0.3) is 10.9 Å². The topological polar surface area (TPSA) is 89.9 Å². The lowest BCUT2D eigenvalue weighted by Crippen LogP contribution is -2.29. The van der Waals surface area contributed by atoms with Gasteiger partial charge in [-0.15, -0.1) is 0 Å². The summed E-state index contributed by atoms with van der Waals surface area (Å²) in [6.45, 7) is 0.468. The first-order valence-electron chi connectivity index (χ1n) is 15.2. The van der Waals surface area contributed by atoms with Gasteiger partial charge in [-0.1, -0.05) is 61.4 Å². The summed E-state index contributed by atoms with van der Waals surface area (Å²) in [7, 11) is 1.54.